The van der Waals surface area contributed by atoms with Gasteiger partial charge >= 0.3 is 0 Å². The van der Waals surface area contributed by atoms with Gasteiger partial charge in [0.05, 0.1) is 16.8 Å². The number of hydrogen-bond donors (Lipinski definition) is 1. The zero-order valence-corrected chi connectivity index (χ0v) is 21.3. The lowest BCUT2D eigenvalue weighted by Crippen LogP contribution is -2.43. The molecule has 2 aliphatic heterocycles. The number of aromatic nitrogens is 2. The van der Waals surface area contributed by atoms with E-state index in [0.29, 0.717) is 28.8 Å². The fourth-order valence-corrected chi connectivity index (χ4v) is 4.81. The highest BCUT2D eigenvalue weighted by Crippen LogP contribution is 2.36. The number of likely N-dealkylation sites (tertiary alicyclic amines) is 1. The normalized spacial score (nSPS) is 16.3. The Morgan fingerprint density at radius 2 is 1.79 bits per heavy atom. The van der Waals surface area contributed by atoms with Gasteiger partial charge in [0.1, 0.15) is 11.9 Å². The van der Waals surface area contributed by atoms with Crippen LogP contribution in [0.15, 0.2) is 54.9 Å². The summed E-state index contributed by atoms with van der Waals surface area (Å²) in [5.41, 5.74) is 1.39. The molecule has 0 saturated carbocycles. The third kappa shape index (κ3) is 5.07. The molecule has 4 heterocycles. The molecule has 3 aromatic rings. The summed E-state index contributed by atoms with van der Waals surface area (Å²) in [6, 6.07) is 14.0. The molecule has 2 aliphatic rings. The number of nitrogens with one attached hydrogen (secondary N) is 1. The molecule has 2 saturated heterocycles. The van der Waals surface area contributed by atoms with E-state index in [0.717, 1.165) is 30.9 Å². The Morgan fingerprint density at radius 1 is 1.03 bits per heavy atom. The number of nitriles is 1. The number of aryl methyl sites for hydroxylation is 1. The Bertz CT molecular complexity index is 1370. The van der Waals surface area contributed by atoms with Gasteiger partial charge in [0.25, 0.3) is 11.8 Å². The van der Waals surface area contributed by atoms with Crippen molar-refractivity contribution in [1.82, 2.24) is 14.9 Å². The zero-order valence-electron chi connectivity index (χ0n) is 21.3. The first-order valence-corrected chi connectivity index (χ1v) is 12.9. The summed E-state index contributed by atoms with van der Waals surface area (Å²) in [6.45, 7) is 4.43. The van der Waals surface area contributed by atoms with Crippen LogP contribution in [0.4, 0.5) is 15.9 Å². The summed E-state index contributed by atoms with van der Waals surface area (Å²) in [6.07, 6.45) is 5.02. The van der Waals surface area contributed by atoms with E-state index in [1.807, 2.05) is 25.1 Å². The topological polar surface area (TPSA) is 102 Å². The number of anilines is 2. The number of pyridine rings is 2. The molecule has 9 heteroatoms. The van der Waals surface area contributed by atoms with Crippen LogP contribution in [0.1, 0.15) is 63.7 Å². The maximum atomic E-state index is 15.6. The minimum atomic E-state index is -1.64. The molecule has 2 fully saturated rings. The number of halogens is 1. The number of piperidine rings is 1. The first-order valence-electron chi connectivity index (χ1n) is 12.9. The Morgan fingerprint density at radius 3 is 2.37 bits per heavy atom. The lowest BCUT2D eigenvalue weighted by atomic mass is 9.89. The fourth-order valence-electron chi connectivity index (χ4n) is 4.81. The third-order valence-electron chi connectivity index (χ3n) is 7.37. The van der Waals surface area contributed by atoms with Crippen molar-refractivity contribution < 1.29 is 14.0 Å². The molecular weight excluding hydrogens is 483 g/mol. The Hall–Kier alpha value is -4.32. The maximum absolute atomic E-state index is 15.6. The average Bonchev–Trinajstić information content (AvgIpc) is 2.92. The Labute approximate surface area is 221 Å². The second kappa shape index (κ2) is 10.6. The van der Waals surface area contributed by atoms with E-state index in [1.165, 1.54) is 6.20 Å². The van der Waals surface area contributed by atoms with E-state index in [9.17, 15) is 9.59 Å². The number of benzene rings is 1. The zero-order chi connectivity index (χ0) is 26.7. The molecular formula is C29H29FN6O2. The molecule has 0 aliphatic carbocycles. The van der Waals surface area contributed by atoms with Crippen molar-refractivity contribution in [3.05, 3.63) is 82.8 Å². The monoisotopic (exact) mass is 512 g/mol. The second-order valence-corrected chi connectivity index (χ2v) is 9.73. The van der Waals surface area contributed by atoms with Crippen LogP contribution < -0.4 is 10.2 Å². The summed E-state index contributed by atoms with van der Waals surface area (Å²) in [5, 5.41) is 11.9. The van der Waals surface area contributed by atoms with Gasteiger partial charge in [0, 0.05) is 62.7 Å². The van der Waals surface area contributed by atoms with Crippen LogP contribution in [0.2, 0.25) is 0 Å². The maximum Gasteiger partial charge on any atom is 0.257 e. The van der Waals surface area contributed by atoms with E-state index < -0.39 is 5.67 Å². The fraction of sp³-hybridized carbons (Fsp3) is 0.345. The predicted octanol–water partition coefficient (Wildman–Crippen LogP) is 4.47. The molecule has 0 unspecified atom stereocenters. The van der Waals surface area contributed by atoms with Gasteiger partial charge < -0.3 is 15.1 Å². The Balaban J connectivity index is 1.26. The number of carbonyl (C=O) groups excluding carboxylic acids is 2. The molecule has 0 radical (unpaired) electrons. The van der Waals surface area contributed by atoms with Gasteiger partial charge in [0.15, 0.2) is 5.67 Å². The minimum Gasteiger partial charge on any atom is -0.356 e. The van der Waals surface area contributed by atoms with Gasteiger partial charge in [-0.15, -0.1) is 0 Å². The number of amides is 2. The largest absolute Gasteiger partial charge is 0.356 e. The molecule has 0 bridgehead atoms. The van der Waals surface area contributed by atoms with Gasteiger partial charge in [-0.1, -0.05) is 13.0 Å². The van der Waals surface area contributed by atoms with Crippen molar-refractivity contribution in [2.45, 2.75) is 38.3 Å². The molecule has 1 N–H and O–H groups in total. The average molecular weight is 513 g/mol. The van der Waals surface area contributed by atoms with Crippen LogP contribution in [0.5, 0.6) is 0 Å². The molecule has 2 aromatic heterocycles. The molecule has 8 nitrogen and oxygen atoms in total. The van der Waals surface area contributed by atoms with E-state index >= 15 is 4.39 Å². The number of carbonyl (C=O) groups is 2. The highest BCUT2D eigenvalue weighted by atomic mass is 19.1. The number of rotatable bonds is 6. The first kappa shape index (κ1) is 25.3. The van der Waals surface area contributed by atoms with Crippen molar-refractivity contribution in [3.8, 4) is 6.07 Å². The molecule has 5 rings (SSSR count). The van der Waals surface area contributed by atoms with Crippen LogP contribution in [-0.4, -0.2) is 52.9 Å². The number of alkyl halides is 1. The van der Waals surface area contributed by atoms with Gasteiger partial charge in [-0.2, -0.15) is 5.26 Å². The number of nitrogens with zero attached hydrogens (tertiary/aromatic N) is 5. The van der Waals surface area contributed by atoms with Crippen molar-refractivity contribution in [3.63, 3.8) is 0 Å². The SMILES string of the molecule is CCc1ccc(C(=O)N2CCC(F)(c3ccc(C#N)cn3)CC2)cc1NC(=O)c1ccc(N2CCC2)nc1. The summed E-state index contributed by atoms with van der Waals surface area (Å²) in [5.74, 6) is 0.365. The molecule has 1 aromatic carbocycles. The van der Waals surface area contributed by atoms with Crippen LogP contribution in [0.25, 0.3) is 0 Å². The molecule has 0 atom stereocenters. The quantitative estimate of drug-likeness (QED) is 0.523. The van der Waals surface area contributed by atoms with Crippen molar-refractivity contribution in [2.75, 3.05) is 36.4 Å². The highest BCUT2D eigenvalue weighted by Gasteiger charge is 2.39. The van der Waals surface area contributed by atoms with Gasteiger partial charge in [-0.3, -0.25) is 14.6 Å². The standard InChI is InChI=1S/C29H29FN6O2/c1-2-21-5-6-22(16-24(21)34-27(37)23-7-9-26(33-19-23)35-12-3-13-35)28(38)36-14-10-29(30,11-15-36)25-8-4-20(17-31)18-32-25/h4-9,16,18-19H,2-3,10-15H2,1H3,(H,34,37). The van der Waals surface area contributed by atoms with Crippen LogP contribution in [0.3, 0.4) is 0 Å². The smallest absolute Gasteiger partial charge is 0.257 e. The van der Waals surface area contributed by atoms with E-state index in [4.69, 9.17) is 5.26 Å². The molecule has 194 valence electrons. The number of hydrogen-bond acceptors (Lipinski definition) is 6. The lowest BCUT2D eigenvalue weighted by Gasteiger charge is -2.36. The second-order valence-electron chi connectivity index (χ2n) is 9.73. The van der Waals surface area contributed by atoms with Crippen molar-refractivity contribution >= 4 is 23.3 Å². The third-order valence-corrected chi connectivity index (χ3v) is 7.37. The molecule has 0 spiro atoms. The van der Waals surface area contributed by atoms with E-state index in [2.05, 4.69) is 20.2 Å². The van der Waals surface area contributed by atoms with Gasteiger partial charge in [0.2, 0.25) is 0 Å². The van der Waals surface area contributed by atoms with E-state index in [-0.39, 0.29) is 43.4 Å². The van der Waals surface area contributed by atoms with Crippen LogP contribution in [-0.2, 0) is 12.1 Å². The Kier molecular flexibility index (Phi) is 7.05. The summed E-state index contributed by atoms with van der Waals surface area (Å²) in [7, 11) is 0. The van der Waals surface area contributed by atoms with Crippen LogP contribution in [0, 0.1) is 11.3 Å². The minimum absolute atomic E-state index is 0.120. The molecule has 38 heavy (non-hydrogen) atoms. The summed E-state index contributed by atoms with van der Waals surface area (Å²) in [4.78, 5) is 38.6. The predicted molar refractivity (Wildman–Crippen MR) is 142 cm³/mol. The van der Waals surface area contributed by atoms with E-state index in [1.54, 1.807) is 41.4 Å². The van der Waals surface area contributed by atoms with Crippen LogP contribution >= 0.6 is 0 Å². The molecule has 2 amide bonds. The van der Waals surface area contributed by atoms with Gasteiger partial charge in [-0.25, -0.2) is 9.37 Å². The lowest BCUT2D eigenvalue weighted by molar-refractivity contribution is 0.0402. The van der Waals surface area contributed by atoms with Gasteiger partial charge in [-0.05, 0) is 54.8 Å². The first-order chi connectivity index (χ1) is 18.4. The summed E-state index contributed by atoms with van der Waals surface area (Å²) < 4.78 is 15.6. The highest BCUT2D eigenvalue weighted by molar-refractivity contribution is 6.05. The van der Waals surface area contributed by atoms with Crippen molar-refractivity contribution in [2.24, 2.45) is 0 Å². The van der Waals surface area contributed by atoms with Crippen molar-refractivity contribution in [1.29, 1.82) is 5.26 Å². The summed E-state index contributed by atoms with van der Waals surface area (Å²) >= 11 is 0.